The number of rotatable bonds is 8. The van der Waals surface area contributed by atoms with Crippen LogP contribution in [-0.4, -0.2) is 55.8 Å². The lowest BCUT2D eigenvalue weighted by molar-refractivity contribution is 0.224. The summed E-state index contributed by atoms with van der Waals surface area (Å²) in [6, 6.07) is 0.472. The van der Waals surface area contributed by atoms with E-state index in [-0.39, 0.29) is 6.04 Å². The van der Waals surface area contributed by atoms with Gasteiger partial charge in [-0.25, -0.2) is 0 Å². The third kappa shape index (κ3) is 5.51. The van der Waals surface area contributed by atoms with E-state index in [0.29, 0.717) is 25.0 Å². The Kier molecular flexibility index (Phi) is 7.60. The molecule has 0 amide bonds. The number of nitrogens with zero attached hydrogens (tertiary/aromatic N) is 2. The Labute approximate surface area is 131 Å². The Morgan fingerprint density at radius 3 is 2.52 bits per heavy atom. The second-order valence-electron chi connectivity index (χ2n) is 6.62. The summed E-state index contributed by atoms with van der Waals surface area (Å²) in [7, 11) is -1.63. The van der Waals surface area contributed by atoms with E-state index >= 15 is 0 Å². The van der Waals surface area contributed by atoms with Crippen molar-refractivity contribution >= 4 is 10.2 Å². The SMILES string of the molecule is CCC(C)CN(C)S(=O)(=O)N1CCCCC1CNC(C)C. The Morgan fingerprint density at radius 2 is 1.95 bits per heavy atom. The molecular formula is C15H33N3O2S. The highest BCUT2D eigenvalue weighted by Gasteiger charge is 2.35. The van der Waals surface area contributed by atoms with Gasteiger partial charge in [0.15, 0.2) is 0 Å². The summed E-state index contributed by atoms with van der Waals surface area (Å²) >= 11 is 0. The van der Waals surface area contributed by atoms with Crippen molar-refractivity contribution in [2.45, 2.75) is 65.5 Å². The molecule has 1 aliphatic rings. The first-order chi connectivity index (χ1) is 9.78. The molecule has 0 saturated carbocycles. The average Bonchev–Trinajstić information content (AvgIpc) is 2.45. The standard InChI is InChI=1S/C15H33N3O2S/c1-6-14(4)12-17(5)21(19,20)18-10-8-7-9-15(18)11-16-13(2)3/h13-16H,6-12H2,1-5H3. The topological polar surface area (TPSA) is 52.7 Å². The van der Waals surface area contributed by atoms with Crippen molar-refractivity contribution in [2.24, 2.45) is 5.92 Å². The highest BCUT2D eigenvalue weighted by Crippen LogP contribution is 2.22. The van der Waals surface area contributed by atoms with E-state index in [1.165, 1.54) is 4.31 Å². The molecule has 1 heterocycles. The van der Waals surface area contributed by atoms with Gasteiger partial charge in [0, 0.05) is 38.8 Å². The molecule has 0 spiro atoms. The first-order valence-electron chi connectivity index (χ1n) is 8.25. The zero-order valence-electron chi connectivity index (χ0n) is 14.3. The molecule has 0 aromatic rings. The van der Waals surface area contributed by atoms with Crippen LogP contribution in [0.15, 0.2) is 0 Å². The van der Waals surface area contributed by atoms with Gasteiger partial charge in [0.05, 0.1) is 0 Å². The lowest BCUT2D eigenvalue weighted by Crippen LogP contribution is -2.53. The summed E-state index contributed by atoms with van der Waals surface area (Å²) in [5, 5.41) is 3.38. The zero-order valence-corrected chi connectivity index (χ0v) is 15.1. The highest BCUT2D eigenvalue weighted by molar-refractivity contribution is 7.86. The fourth-order valence-corrected chi connectivity index (χ4v) is 4.41. The quantitative estimate of drug-likeness (QED) is 0.745. The van der Waals surface area contributed by atoms with Crippen molar-refractivity contribution in [3.8, 4) is 0 Å². The van der Waals surface area contributed by atoms with Crippen molar-refractivity contribution < 1.29 is 8.42 Å². The fourth-order valence-electron chi connectivity index (χ4n) is 2.69. The molecule has 1 rings (SSSR count). The lowest BCUT2D eigenvalue weighted by Gasteiger charge is -2.38. The van der Waals surface area contributed by atoms with Gasteiger partial charge in [-0.2, -0.15) is 17.0 Å². The molecule has 6 heteroatoms. The fraction of sp³-hybridized carbons (Fsp3) is 1.00. The molecule has 2 atom stereocenters. The van der Waals surface area contributed by atoms with Crippen LogP contribution in [0.5, 0.6) is 0 Å². The predicted molar refractivity (Wildman–Crippen MR) is 88.5 cm³/mol. The molecule has 1 N–H and O–H groups in total. The summed E-state index contributed by atoms with van der Waals surface area (Å²) in [5.74, 6) is 0.391. The van der Waals surface area contributed by atoms with Gasteiger partial charge in [0.25, 0.3) is 10.2 Å². The third-order valence-electron chi connectivity index (χ3n) is 4.29. The average molecular weight is 320 g/mol. The van der Waals surface area contributed by atoms with Crippen LogP contribution in [-0.2, 0) is 10.2 Å². The van der Waals surface area contributed by atoms with Gasteiger partial charge in [-0.3, -0.25) is 0 Å². The Morgan fingerprint density at radius 1 is 1.29 bits per heavy atom. The lowest BCUT2D eigenvalue weighted by atomic mass is 10.0. The molecule has 5 nitrogen and oxygen atoms in total. The normalized spacial score (nSPS) is 22.9. The van der Waals surface area contributed by atoms with Crippen LogP contribution in [0.4, 0.5) is 0 Å². The van der Waals surface area contributed by atoms with E-state index in [4.69, 9.17) is 0 Å². The summed E-state index contributed by atoms with van der Waals surface area (Å²) < 4.78 is 28.9. The monoisotopic (exact) mass is 319 g/mol. The number of piperidine rings is 1. The van der Waals surface area contributed by atoms with E-state index in [9.17, 15) is 8.42 Å². The van der Waals surface area contributed by atoms with Crippen LogP contribution >= 0.6 is 0 Å². The van der Waals surface area contributed by atoms with Crippen molar-refractivity contribution in [1.82, 2.24) is 13.9 Å². The summed E-state index contributed by atoms with van der Waals surface area (Å²) in [6.45, 7) is 10.4. The van der Waals surface area contributed by atoms with Crippen molar-refractivity contribution in [2.75, 3.05) is 26.7 Å². The maximum absolute atomic E-state index is 12.8. The maximum atomic E-state index is 12.8. The Balaban J connectivity index is 2.76. The van der Waals surface area contributed by atoms with Gasteiger partial charge in [0.1, 0.15) is 0 Å². The summed E-state index contributed by atoms with van der Waals surface area (Å²) in [5.41, 5.74) is 0. The van der Waals surface area contributed by atoms with Crippen LogP contribution in [0.3, 0.4) is 0 Å². The van der Waals surface area contributed by atoms with Crippen LogP contribution in [0.25, 0.3) is 0 Å². The molecular weight excluding hydrogens is 286 g/mol. The smallest absolute Gasteiger partial charge is 0.282 e. The summed E-state index contributed by atoms with van der Waals surface area (Å²) in [6.07, 6.45) is 4.04. The van der Waals surface area contributed by atoms with Gasteiger partial charge in [-0.05, 0) is 18.8 Å². The molecule has 0 aromatic heterocycles. The first kappa shape index (κ1) is 18.9. The van der Waals surface area contributed by atoms with Crippen LogP contribution in [0, 0.1) is 5.92 Å². The van der Waals surface area contributed by atoms with Crippen molar-refractivity contribution in [3.05, 3.63) is 0 Å². The van der Waals surface area contributed by atoms with Gasteiger partial charge in [-0.1, -0.05) is 40.5 Å². The molecule has 1 aliphatic heterocycles. The molecule has 0 aromatic carbocycles. The van der Waals surface area contributed by atoms with Gasteiger partial charge in [-0.15, -0.1) is 0 Å². The number of hydrogen-bond donors (Lipinski definition) is 1. The van der Waals surface area contributed by atoms with Crippen LogP contribution in [0.1, 0.15) is 53.4 Å². The van der Waals surface area contributed by atoms with E-state index in [0.717, 1.165) is 32.2 Å². The highest BCUT2D eigenvalue weighted by atomic mass is 32.2. The first-order valence-corrected chi connectivity index (χ1v) is 9.65. The molecule has 0 aliphatic carbocycles. The molecule has 126 valence electrons. The second-order valence-corrected chi connectivity index (χ2v) is 8.61. The molecule has 21 heavy (non-hydrogen) atoms. The van der Waals surface area contributed by atoms with Crippen molar-refractivity contribution in [3.63, 3.8) is 0 Å². The minimum absolute atomic E-state index is 0.0885. The third-order valence-corrected chi connectivity index (χ3v) is 6.30. The minimum atomic E-state index is -3.34. The van der Waals surface area contributed by atoms with Gasteiger partial charge < -0.3 is 5.32 Å². The van der Waals surface area contributed by atoms with Crippen molar-refractivity contribution in [1.29, 1.82) is 0 Å². The van der Waals surface area contributed by atoms with Gasteiger partial charge in [0.2, 0.25) is 0 Å². The van der Waals surface area contributed by atoms with Crippen LogP contribution in [0.2, 0.25) is 0 Å². The second kappa shape index (κ2) is 8.46. The Bertz CT molecular complexity index is 398. The van der Waals surface area contributed by atoms with Gasteiger partial charge >= 0.3 is 0 Å². The zero-order chi connectivity index (χ0) is 16.0. The molecule has 2 unspecified atom stereocenters. The minimum Gasteiger partial charge on any atom is -0.313 e. The molecule has 1 fully saturated rings. The maximum Gasteiger partial charge on any atom is 0.282 e. The largest absolute Gasteiger partial charge is 0.313 e. The Hall–Kier alpha value is -0.170. The molecule has 1 saturated heterocycles. The van der Waals surface area contributed by atoms with E-state index < -0.39 is 10.2 Å². The molecule has 0 bridgehead atoms. The van der Waals surface area contributed by atoms with E-state index in [1.54, 1.807) is 11.4 Å². The van der Waals surface area contributed by atoms with E-state index in [1.807, 2.05) is 0 Å². The number of hydrogen-bond acceptors (Lipinski definition) is 3. The van der Waals surface area contributed by atoms with E-state index in [2.05, 4.69) is 33.0 Å². The number of nitrogens with one attached hydrogen (secondary N) is 1. The predicted octanol–water partition coefficient (Wildman–Crippen LogP) is 2.06. The van der Waals surface area contributed by atoms with Crippen LogP contribution < -0.4 is 5.32 Å². The molecule has 0 radical (unpaired) electrons. The summed E-state index contributed by atoms with van der Waals surface area (Å²) in [4.78, 5) is 0.